The summed E-state index contributed by atoms with van der Waals surface area (Å²) in [6, 6.07) is 5.71. The summed E-state index contributed by atoms with van der Waals surface area (Å²) < 4.78 is 11.1. The Labute approximate surface area is 108 Å². The van der Waals surface area contributed by atoms with E-state index in [0.29, 0.717) is 25.6 Å². The molecule has 0 spiro atoms. The van der Waals surface area contributed by atoms with Gasteiger partial charge in [-0.15, -0.1) is 0 Å². The number of fused-ring (bicyclic) bond motifs is 1. The van der Waals surface area contributed by atoms with Gasteiger partial charge in [-0.2, -0.15) is 0 Å². The molecule has 0 radical (unpaired) electrons. The second-order valence-corrected chi connectivity index (χ2v) is 5.06. The van der Waals surface area contributed by atoms with Crippen molar-refractivity contribution in [1.82, 2.24) is 0 Å². The van der Waals surface area contributed by atoms with Crippen molar-refractivity contribution in [3.63, 3.8) is 0 Å². The van der Waals surface area contributed by atoms with Crippen LogP contribution in [0.15, 0.2) is 18.2 Å². The molecule has 0 saturated carbocycles. The first-order chi connectivity index (χ1) is 8.66. The zero-order valence-corrected chi connectivity index (χ0v) is 11.1. The number of carbonyl (C=O) groups excluding carboxylic acids is 1. The van der Waals surface area contributed by atoms with Gasteiger partial charge < -0.3 is 9.47 Å². The molecule has 0 bridgehead atoms. The van der Waals surface area contributed by atoms with Crippen molar-refractivity contribution < 1.29 is 14.3 Å². The molecule has 0 heterocycles. The fraction of sp³-hybridized carbons (Fsp3) is 0.533. The van der Waals surface area contributed by atoms with Crippen LogP contribution in [0.1, 0.15) is 36.2 Å². The standard InChI is InChI=1S/C15H20O3/c1-11(2)10-17-7-8-18-13-4-5-14-12(9-13)3-6-15(14)16/h4-5,9,11H,3,6-8,10H2,1-2H3. The summed E-state index contributed by atoms with van der Waals surface area (Å²) in [5.74, 6) is 1.63. The highest BCUT2D eigenvalue weighted by Crippen LogP contribution is 2.25. The summed E-state index contributed by atoms with van der Waals surface area (Å²) in [6.45, 7) is 6.17. The molecule has 0 unspecified atom stereocenters. The van der Waals surface area contributed by atoms with Crippen LogP contribution in [0.25, 0.3) is 0 Å². The van der Waals surface area contributed by atoms with E-state index < -0.39 is 0 Å². The highest BCUT2D eigenvalue weighted by Gasteiger charge is 2.19. The summed E-state index contributed by atoms with van der Waals surface area (Å²) in [5.41, 5.74) is 1.97. The largest absolute Gasteiger partial charge is 0.491 e. The molecule has 3 heteroatoms. The summed E-state index contributed by atoms with van der Waals surface area (Å²) in [5, 5.41) is 0. The highest BCUT2D eigenvalue weighted by atomic mass is 16.5. The minimum absolute atomic E-state index is 0.247. The van der Waals surface area contributed by atoms with Crippen LogP contribution in [-0.4, -0.2) is 25.6 Å². The average molecular weight is 248 g/mol. The third-order valence-corrected chi connectivity index (χ3v) is 2.95. The number of ether oxygens (including phenoxy) is 2. The molecular formula is C15H20O3. The van der Waals surface area contributed by atoms with Gasteiger partial charge in [-0.05, 0) is 36.1 Å². The second kappa shape index (κ2) is 6.01. The lowest BCUT2D eigenvalue weighted by molar-refractivity contribution is 0.0819. The van der Waals surface area contributed by atoms with Crippen molar-refractivity contribution in [2.45, 2.75) is 26.7 Å². The smallest absolute Gasteiger partial charge is 0.163 e. The number of Topliss-reactive ketones (excluding diaryl/α,β-unsaturated/α-hetero) is 1. The van der Waals surface area contributed by atoms with E-state index in [-0.39, 0.29) is 5.78 Å². The Balaban J connectivity index is 1.79. The van der Waals surface area contributed by atoms with Gasteiger partial charge in [0.25, 0.3) is 0 Å². The van der Waals surface area contributed by atoms with Crippen LogP contribution in [0.2, 0.25) is 0 Å². The summed E-state index contributed by atoms with van der Waals surface area (Å²) in [7, 11) is 0. The normalized spacial score (nSPS) is 14.1. The maximum atomic E-state index is 11.5. The third-order valence-electron chi connectivity index (χ3n) is 2.95. The van der Waals surface area contributed by atoms with Crippen molar-refractivity contribution >= 4 is 5.78 Å². The first-order valence-corrected chi connectivity index (χ1v) is 6.53. The van der Waals surface area contributed by atoms with Crippen molar-refractivity contribution in [2.75, 3.05) is 19.8 Å². The van der Waals surface area contributed by atoms with Crippen LogP contribution in [-0.2, 0) is 11.2 Å². The second-order valence-electron chi connectivity index (χ2n) is 5.06. The first kappa shape index (κ1) is 13.1. The number of benzene rings is 1. The van der Waals surface area contributed by atoms with E-state index in [2.05, 4.69) is 13.8 Å². The van der Waals surface area contributed by atoms with Gasteiger partial charge >= 0.3 is 0 Å². The molecule has 0 atom stereocenters. The minimum Gasteiger partial charge on any atom is -0.491 e. The van der Waals surface area contributed by atoms with E-state index in [1.165, 1.54) is 0 Å². The van der Waals surface area contributed by atoms with Gasteiger partial charge in [0.1, 0.15) is 12.4 Å². The molecular weight excluding hydrogens is 228 g/mol. The van der Waals surface area contributed by atoms with E-state index in [4.69, 9.17) is 9.47 Å². The molecule has 3 nitrogen and oxygen atoms in total. The van der Waals surface area contributed by atoms with Gasteiger partial charge in [0.05, 0.1) is 6.61 Å². The van der Waals surface area contributed by atoms with Crippen molar-refractivity contribution in [2.24, 2.45) is 5.92 Å². The van der Waals surface area contributed by atoms with Gasteiger partial charge in [-0.25, -0.2) is 0 Å². The lowest BCUT2D eigenvalue weighted by atomic mass is 10.1. The molecule has 0 N–H and O–H groups in total. The molecule has 0 aromatic heterocycles. The van der Waals surface area contributed by atoms with Gasteiger partial charge in [0.2, 0.25) is 0 Å². The monoisotopic (exact) mass is 248 g/mol. The molecule has 0 aliphatic heterocycles. The van der Waals surface area contributed by atoms with E-state index in [1.54, 1.807) is 0 Å². The predicted molar refractivity (Wildman–Crippen MR) is 70.2 cm³/mol. The van der Waals surface area contributed by atoms with Crippen molar-refractivity contribution in [1.29, 1.82) is 0 Å². The van der Waals surface area contributed by atoms with Crippen LogP contribution in [0.4, 0.5) is 0 Å². The summed E-state index contributed by atoms with van der Waals surface area (Å²) in [4.78, 5) is 11.5. The maximum Gasteiger partial charge on any atom is 0.163 e. The number of carbonyl (C=O) groups is 1. The topological polar surface area (TPSA) is 35.5 Å². The number of aryl methyl sites for hydroxylation is 1. The number of rotatable bonds is 6. The quantitative estimate of drug-likeness (QED) is 0.726. The van der Waals surface area contributed by atoms with E-state index in [1.807, 2.05) is 18.2 Å². The first-order valence-electron chi connectivity index (χ1n) is 6.53. The SMILES string of the molecule is CC(C)COCCOc1ccc2c(c1)CCC2=O. The van der Waals surface area contributed by atoms with Crippen LogP contribution >= 0.6 is 0 Å². The molecule has 18 heavy (non-hydrogen) atoms. The van der Waals surface area contributed by atoms with Crippen molar-refractivity contribution in [3.05, 3.63) is 29.3 Å². The maximum absolute atomic E-state index is 11.5. The van der Waals surface area contributed by atoms with Gasteiger partial charge in [0.15, 0.2) is 5.78 Å². The highest BCUT2D eigenvalue weighted by molar-refractivity contribution is 6.00. The van der Waals surface area contributed by atoms with Gasteiger partial charge in [0, 0.05) is 18.6 Å². The molecule has 0 amide bonds. The fourth-order valence-corrected chi connectivity index (χ4v) is 2.06. The third kappa shape index (κ3) is 3.33. The Morgan fingerprint density at radius 2 is 2.06 bits per heavy atom. The molecule has 1 aromatic carbocycles. The molecule has 1 aromatic rings. The van der Waals surface area contributed by atoms with Crippen LogP contribution in [0, 0.1) is 5.92 Å². The van der Waals surface area contributed by atoms with Crippen LogP contribution < -0.4 is 4.74 Å². The lowest BCUT2D eigenvalue weighted by Gasteiger charge is -2.09. The van der Waals surface area contributed by atoms with E-state index in [9.17, 15) is 4.79 Å². The minimum atomic E-state index is 0.247. The Morgan fingerprint density at radius 3 is 2.83 bits per heavy atom. The van der Waals surface area contributed by atoms with Crippen LogP contribution in [0.5, 0.6) is 5.75 Å². The molecule has 0 fully saturated rings. The Hall–Kier alpha value is -1.35. The number of hydrogen-bond donors (Lipinski definition) is 0. The average Bonchev–Trinajstić information content (AvgIpc) is 2.70. The Kier molecular flexibility index (Phi) is 4.37. The molecule has 1 aliphatic rings. The molecule has 1 aliphatic carbocycles. The number of ketones is 1. The summed E-state index contributed by atoms with van der Waals surface area (Å²) >= 11 is 0. The Morgan fingerprint density at radius 1 is 1.22 bits per heavy atom. The fourth-order valence-electron chi connectivity index (χ4n) is 2.06. The lowest BCUT2D eigenvalue weighted by Crippen LogP contribution is -2.10. The molecule has 2 rings (SSSR count). The number of hydrogen-bond acceptors (Lipinski definition) is 3. The zero-order valence-electron chi connectivity index (χ0n) is 11.1. The van der Waals surface area contributed by atoms with Gasteiger partial charge in [-0.1, -0.05) is 13.8 Å². The van der Waals surface area contributed by atoms with E-state index in [0.717, 1.165) is 29.9 Å². The van der Waals surface area contributed by atoms with Gasteiger partial charge in [-0.3, -0.25) is 4.79 Å². The molecule has 98 valence electrons. The zero-order chi connectivity index (χ0) is 13.0. The molecule has 0 saturated heterocycles. The summed E-state index contributed by atoms with van der Waals surface area (Å²) in [6.07, 6.45) is 1.48. The van der Waals surface area contributed by atoms with Crippen molar-refractivity contribution in [3.8, 4) is 5.75 Å². The Bertz CT molecular complexity index is 424. The predicted octanol–water partition coefficient (Wildman–Crippen LogP) is 2.87. The van der Waals surface area contributed by atoms with E-state index >= 15 is 0 Å². The van der Waals surface area contributed by atoms with Crippen LogP contribution in [0.3, 0.4) is 0 Å².